The third kappa shape index (κ3) is 3.17. The smallest absolute Gasteiger partial charge is 0.232 e. The van der Waals surface area contributed by atoms with Gasteiger partial charge in [-0.2, -0.15) is 0 Å². The molecule has 1 amide bonds. The number of nitrogens with two attached hydrogens (primary N) is 1. The summed E-state index contributed by atoms with van der Waals surface area (Å²) >= 11 is 1.70. The molecular formula is C10H20N2OS. The Morgan fingerprint density at radius 2 is 2.36 bits per heavy atom. The van der Waals surface area contributed by atoms with Crippen molar-refractivity contribution >= 4 is 17.7 Å². The Kier molecular flexibility index (Phi) is 4.75. The summed E-state index contributed by atoms with van der Waals surface area (Å²) in [5.74, 6) is 2.54. The van der Waals surface area contributed by atoms with Gasteiger partial charge in [0.2, 0.25) is 5.91 Å². The molecule has 0 aromatic heterocycles. The van der Waals surface area contributed by atoms with Crippen molar-refractivity contribution in [3.8, 4) is 0 Å². The highest BCUT2D eigenvalue weighted by Gasteiger charge is 2.26. The van der Waals surface area contributed by atoms with E-state index in [1.54, 1.807) is 11.8 Å². The highest BCUT2D eigenvalue weighted by molar-refractivity contribution is 8.00. The molecule has 1 fully saturated rings. The van der Waals surface area contributed by atoms with Gasteiger partial charge >= 0.3 is 0 Å². The number of carbonyl (C=O) groups excluding carboxylic acids is 1. The molecule has 3 nitrogen and oxygen atoms in total. The molecule has 0 spiro atoms. The third-order valence-corrected chi connectivity index (χ3v) is 3.59. The maximum absolute atomic E-state index is 11.6. The van der Waals surface area contributed by atoms with Gasteiger partial charge in [0.15, 0.2) is 0 Å². The van der Waals surface area contributed by atoms with Gasteiger partial charge in [-0.25, -0.2) is 0 Å². The average Bonchev–Trinajstić information content (AvgIpc) is 2.15. The molecule has 1 unspecified atom stereocenters. The van der Waals surface area contributed by atoms with Crippen LogP contribution in [0.25, 0.3) is 0 Å². The minimum Gasteiger partial charge on any atom is -0.337 e. The fourth-order valence-corrected chi connectivity index (χ4v) is 2.61. The maximum Gasteiger partial charge on any atom is 0.232 e. The minimum absolute atomic E-state index is 0.261. The van der Waals surface area contributed by atoms with E-state index in [4.69, 9.17) is 5.73 Å². The number of rotatable bonds is 4. The summed E-state index contributed by atoms with van der Waals surface area (Å²) in [4.78, 5) is 13.6. The highest BCUT2D eigenvalue weighted by Crippen LogP contribution is 2.18. The van der Waals surface area contributed by atoms with E-state index < -0.39 is 0 Å². The fourth-order valence-electron chi connectivity index (χ4n) is 1.56. The van der Waals surface area contributed by atoms with Gasteiger partial charge in [0, 0.05) is 18.8 Å². The predicted molar refractivity (Wildman–Crippen MR) is 61.3 cm³/mol. The van der Waals surface area contributed by atoms with E-state index in [0.717, 1.165) is 18.7 Å². The van der Waals surface area contributed by atoms with Crippen LogP contribution in [0, 0.1) is 5.92 Å². The molecule has 0 bridgehead atoms. The summed E-state index contributed by atoms with van der Waals surface area (Å²) < 4.78 is 0. The van der Waals surface area contributed by atoms with Crippen LogP contribution in [0.4, 0.5) is 0 Å². The van der Waals surface area contributed by atoms with E-state index in [-0.39, 0.29) is 11.9 Å². The topological polar surface area (TPSA) is 46.3 Å². The molecule has 0 saturated carbocycles. The minimum atomic E-state index is 0.261. The molecule has 0 aliphatic carbocycles. The molecule has 1 saturated heterocycles. The summed E-state index contributed by atoms with van der Waals surface area (Å²) in [7, 11) is 0. The second kappa shape index (κ2) is 5.61. The first kappa shape index (κ1) is 11.9. The predicted octanol–water partition coefficient (Wildman–Crippen LogP) is 0.935. The first-order valence-electron chi connectivity index (χ1n) is 5.22. The average molecular weight is 216 g/mol. The Bertz CT molecular complexity index is 197. The van der Waals surface area contributed by atoms with Crippen LogP contribution >= 0.6 is 11.8 Å². The second-order valence-corrected chi connectivity index (χ2v) is 5.20. The van der Waals surface area contributed by atoms with Crippen LogP contribution in [0.3, 0.4) is 0 Å². The van der Waals surface area contributed by atoms with Gasteiger partial charge in [-0.1, -0.05) is 13.8 Å². The standard InChI is InChI=1S/C10H20N2OS/c1-8(2)3-4-12-9(5-11)6-14-7-10(12)13/h8-9H,3-7,11H2,1-2H3. The summed E-state index contributed by atoms with van der Waals surface area (Å²) in [5, 5.41) is 0. The summed E-state index contributed by atoms with van der Waals surface area (Å²) in [6.45, 7) is 5.83. The lowest BCUT2D eigenvalue weighted by Crippen LogP contribution is -2.50. The molecular weight excluding hydrogens is 196 g/mol. The summed E-state index contributed by atoms with van der Waals surface area (Å²) in [6, 6.07) is 0.264. The van der Waals surface area contributed by atoms with Gasteiger partial charge < -0.3 is 10.6 Å². The van der Waals surface area contributed by atoms with Crippen molar-refractivity contribution in [2.75, 3.05) is 24.6 Å². The van der Waals surface area contributed by atoms with Gasteiger partial charge in [0.25, 0.3) is 0 Å². The number of thioether (sulfide) groups is 1. The molecule has 1 heterocycles. The second-order valence-electron chi connectivity index (χ2n) is 4.17. The molecule has 0 aromatic carbocycles. The molecule has 14 heavy (non-hydrogen) atoms. The zero-order valence-electron chi connectivity index (χ0n) is 9.03. The van der Waals surface area contributed by atoms with E-state index in [1.807, 2.05) is 4.90 Å². The zero-order chi connectivity index (χ0) is 10.6. The van der Waals surface area contributed by atoms with Gasteiger partial charge in [0.05, 0.1) is 11.8 Å². The Labute approximate surface area is 90.4 Å². The Balaban J connectivity index is 2.46. The summed E-state index contributed by atoms with van der Waals surface area (Å²) in [5.41, 5.74) is 5.66. The Morgan fingerprint density at radius 1 is 1.64 bits per heavy atom. The van der Waals surface area contributed by atoms with Crippen molar-refractivity contribution < 1.29 is 4.79 Å². The lowest BCUT2D eigenvalue weighted by molar-refractivity contribution is -0.130. The van der Waals surface area contributed by atoms with Crippen molar-refractivity contribution in [3.63, 3.8) is 0 Å². The Morgan fingerprint density at radius 3 is 2.93 bits per heavy atom. The quantitative estimate of drug-likeness (QED) is 0.760. The van der Waals surface area contributed by atoms with Gasteiger partial charge in [-0.15, -0.1) is 11.8 Å². The van der Waals surface area contributed by atoms with Crippen LogP contribution in [0.5, 0.6) is 0 Å². The Hall–Kier alpha value is -0.220. The van der Waals surface area contributed by atoms with E-state index in [9.17, 15) is 4.79 Å². The monoisotopic (exact) mass is 216 g/mol. The molecule has 0 radical (unpaired) electrons. The van der Waals surface area contributed by atoms with Crippen LogP contribution < -0.4 is 5.73 Å². The van der Waals surface area contributed by atoms with E-state index in [1.165, 1.54) is 0 Å². The van der Waals surface area contributed by atoms with Crippen molar-refractivity contribution in [2.45, 2.75) is 26.3 Å². The molecule has 0 aromatic rings. The van der Waals surface area contributed by atoms with Gasteiger partial charge in [-0.05, 0) is 12.3 Å². The van der Waals surface area contributed by atoms with Crippen LogP contribution in [-0.4, -0.2) is 41.4 Å². The molecule has 1 aliphatic rings. The number of hydrogen-bond donors (Lipinski definition) is 1. The molecule has 1 rings (SSSR count). The fraction of sp³-hybridized carbons (Fsp3) is 0.900. The lowest BCUT2D eigenvalue weighted by atomic mass is 10.1. The number of carbonyl (C=O) groups is 1. The lowest BCUT2D eigenvalue weighted by Gasteiger charge is -2.35. The van der Waals surface area contributed by atoms with Crippen molar-refractivity contribution in [1.29, 1.82) is 0 Å². The van der Waals surface area contributed by atoms with Crippen LogP contribution in [0.1, 0.15) is 20.3 Å². The highest BCUT2D eigenvalue weighted by atomic mass is 32.2. The normalized spacial score (nSPS) is 23.3. The first-order chi connectivity index (χ1) is 6.65. The largest absolute Gasteiger partial charge is 0.337 e. The zero-order valence-corrected chi connectivity index (χ0v) is 9.85. The first-order valence-corrected chi connectivity index (χ1v) is 6.38. The van der Waals surface area contributed by atoms with Crippen LogP contribution in [-0.2, 0) is 4.79 Å². The number of nitrogens with zero attached hydrogens (tertiary/aromatic N) is 1. The van der Waals surface area contributed by atoms with Crippen molar-refractivity contribution in [3.05, 3.63) is 0 Å². The molecule has 1 atom stereocenters. The maximum atomic E-state index is 11.6. The van der Waals surface area contributed by atoms with Crippen LogP contribution in [0.15, 0.2) is 0 Å². The van der Waals surface area contributed by atoms with Gasteiger partial charge in [0.1, 0.15) is 0 Å². The van der Waals surface area contributed by atoms with Gasteiger partial charge in [-0.3, -0.25) is 4.79 Å². The molecule has 82 valence electrons. The molecule has 2 N–H and O–H groups in total. The summed E-state index contributed by atoms with van der Waals surface area (Å²) in [6.07, 6.45) is 1.08. The van der Waals surface area contributed by atoms with E-state index in [0.29, 0.717) is 18.2 Å². The number of hydrogen-bond acceptors (Lipinski definition) is 3. The SMILES string of the molecule is CC(C)CCN1C(=O)CSCC1CN. The van der Waals surface area contributed by atoms with E-state index in [2.05, 4.69) is 13.8 Å². The van der Waals surface area contributed by atoms with E-state index >= 15 is 0 Å². The van der Waals surface area contributed by atoms with Crippen molar-refractivity contribution in [1.82, 2.24) is 4.90 Å². The molecule has 4 heteroatoms. The van der Waals surface area contributed by atoms with Crippen LogP contribution in [0.2, 0.25) is 0 Å². The molecule has 1 aliphatic heterocycles. The van der Waals surface area contributed by atoms with Crippen molar-refractivity contribution in [2.24, 2.45) is 11.7 Å². The third-order valence-electron chi connectivity index (χ3n) is 2.52. The number of amides is 1.